The maximum atomic E-state index is 12.0. The van der Waals surface area contributed by atoms with E-state index in [9.17, 15) is 4.79 Å². The van der Waals surface area contributed by atoms with Gasteiger partial charge in [0.15, 0.2) is 0 Å². The van der Waals surface area contributed by atoms with E-state index in [2.05, 4.69) is 20.4 Å². The minimum Gasteiger partial charge on any atom is -0.462 e. The van der Waals surface area contributed by atoms with Crippen LogP contribution in [-0.4, -0.2) is 42.1 Å². The first-order chi connectivity index (χ1) is 10.3. The topological polar surface area (TPSA) is 87.7 Å². The molecule has 0 aliphatic rings. The SMILES string of the molecule is CCOC(=O)c1cc(-n2cnnc2)cc(-n2cnnc2)c1. The maximum absolute atomic E-state index is 12.0. The second-order valence-electron chi connectivity index (χ2n) is 4.20. The van der Waals surface area contributed by atoms with Gasteiger partial charge in [-0.25, -0.2) is 4.79 Å². The molecule has 0 aliphatic carbocycles. The van der Waals surface area contributed by atoms with Gasteiger partial charge in [-0.3, -0.25) is 9.13 Å². The molecule has 1 aromatic carbocycles. The van der Waals surface area contributed by atoms with Crippen molar-refractivity contribution in [2.24, 2.45) is 0 Å². The molecule has 0 N–H and O–H groups in total. The van der Waals surface area contributed by atoms with Gasteiger partial charge in [-0.05, 0) is 25.1 Å². The Morgan fingerprint density at radius 2 is 1.43 bits per heavy atom. The Kier molecular flexibility index (Phi) is 3.42. The van der Waals surface area contributed by atoms with Crippen molar-refractivity contribution in [1.82, 2.24) is 29.5 Å². The fourth-order valence-corrected chi connectivity index (χ4v) is 1.89. The van der Waals surface area contributed by atoms with Crippen LogP contribution < -0.4 is 0 Å². The van der Waals surface area contributed by atoms with Crippen LogP contribution in [0.3, 0.4) is 0 Å². The zero-order chi connectivity index (χ0) is 14.7. The molecule has 106 valence electrons. The average Bonchev–Trinajstić information content (AvgIpc) is 3.20. The summed E-state index contributed by atoms with van der Waals surface area (Å²) in [5, 5.41) is 15.1. The van der Waals surface area contributed by atoms with Crippen LogP contribution in [0.5, 0.6) is 0 Å². The Hall–Kier alpha value is -3.03. The van der Waals surface area contributed by atoms with Crippen LogP contribution in [0.25, 0.3) is 11.4 Å². The normalized spacial score (nSPS) is 10.5. The molecule has 0 saturated carbocycles. The Morgan fingerprint density at radius 3 is 1.86 bits per heavy atom. The Morgan fingerprint density at radius 1 is 0.952 bits per heavy atom. The maximum Gasteiger partial charge on any atom is 0.338 e. The van der Waals surface area contributed by atoms with Crippen LogP contribution in [0.2, 0.25) is 0 Å². The Bertz CT molecular complexity index is 684. The van der Waals surface area contributed by atoms with Gasteiger partial charge in [0.2, 0.25) is 0 Å². The molecule has 3 aromatic rings. The average molecular weight is 284 g/mol. The van der Waals surface area contributed by atoms with Crippen LogP contribution in [0.15, 0.2) is 43.5 Å². The van der Waals surface area contributed by atoms with Crippen LogP contribution in [0.4, 0.5) is 0 Å². The molecule has 0 bridgehead atoms. The molecule has 8 nitrogen and oxygen atoms in total. The molecule has 8 heteroatoms. The molecule has 0 amide bonds. The lowest BCUT2D eigenvalue weighted by molar-refractivity contribution is 0.0526. The number of nitrogens with zero attached hydrogens (tertiary/aromatic N) is 6. The first-order valence-electron chi connectivity index (χ1n) is 6.30. The second-order valence-corrected chi connectivity index (χ2v) is 4.20. The van der Waals surface area contributed by atoms with Crippen molar-refractivity contribution in [3.8, 4) is 11.4 Å². The van der Waals surface area contributed by atoms with Crippen LogP contribution in [-0.2, 0) is 4.74 Å². The number of rotatable bonds is 4. The predicted molar refractivity (Wildman–Crippen MR) is 72.2 cm³/mol. The van der Waals surface area contributed by atoms with Crippen molar-refractivity contribution in [3.63, 3.8) is 0 Å². The van der Waals surface area contributed by atoms with E-state index in [1.54, 1.807) is 53.5 Å². The molecule has 0 fully saturated rings. The minimum absolute atomic E-state index is 0.317. The van der Waals surface area contributed by atoms with E-state index in [4.69, 9.17) is 4.74 Å². The zero-order valence-corrected chi connectivity index (χ0v) is 11.2. The summed E-state index contributed by atoms with van der Waals surface area (Å²) in [6, 6.07) is 5.31. The molecule has 0 atom stereocenters. The summed E-state index contributed by atoms with van der Waals surface area (Å²) in [7, 11) is 0. The Labute approximate surface area is 120 Å². The number of aromatic nitrogens is 6. The molecule has 0 radical (unpaired) electrons. The van der Waals surface area contributed by atoms with Gasteiger partial charge in [0.05, 0.1) is 23.5 Å². The van der Waals surface area contributed by atoms with Gasteiger partial charge in [-0.1, -0.05) is 0 Å². The predicted octanol–water partition coefficient (Wildman–Crippen LogP) is 1.02. The lowest BCUT2D eigenvalue weighted by Crippen LogP contribution is -2.07. The quantitative estimate of drug-likeness (QED) is 0.665. The van der Waals surface area contributed by atoms with Gasteiger partial charge in [-0.2, -0.15) is 0 Å². The zero-order valence-electron chi connectivity index (χ0n) is 11.2. The van der Waals surface area contributed by atoms with Crippen LogP contribution >= 0.6 is 0 Å². The molecule has 0 saturated heterocycles. The smallest absolute Gasteiger partial charge is 0.338 e. The van der Waals surface area contributed by atoms with Crippen molar-refractivity contribution < 1.29 is 9.53 Å². The van der Waals surface area contributed by atoms with Crippen molar-refractivity contribution in [3.05, 3.63) is 49.1 Å². The third-order valence-corrected chi connectivity index (χ3v) is 2.85. The van der Waals surface area contributed by atoms with E-state index >= 15 is 0 Å². The van der Waals surface area contributed by atoms with E-state index in [-0.39, 0.29) is 5.97 Å². The number of hydrogen-bond acceptors (Lipinski definition) is 6. The summed E-state index contributed by atoms with van der Waals surface area (Å²) in [6.45, 7) is 2.08. The number of esters is 1. The van der Waals surface area contributed by atoms with Gasteiger partial charge < -0.3 is 4.74 Å². The fourth-order valence-electron chi connectivity index (χ4n) is 1.89. The molecule has 0 spiro atoms. The first-order valence-corrected chi connectivity index (χ1v) is 6.30. The van der Waals surface area contributed by atoms with Crippen molar-refractivity contribution >= 4 is 5.97 Å². The van der Waals surface area contributed by atoms with Crippen molar-refractivity contribution in [2.75, 3.05) is 6.61 Å². The number of hydrogen-bond donors (Lipinski definition) is 0. The number of carbonyl (C=O) groups excluding carboxylic acids is 1. The first kappa shape index (κ1) is 13.0. The summed E-state index contributed by atoms with van der Waals surface area (Å²) in [6.07, 6.45) is 6.22. The molecular formula is C13H12N6O2. The minimum atomic E-state index is -0.387. The third kappa shape index (κ3) is 2.64. The second kappa shape index (κ2) is 5.53. The largest absolute Gasteiger partial charge is 0.462 e. The summed E-state index contributed by atoms with van der Waals surface area (Å²) >= 11 is 0. The van der Waals surface area contributed by atoms with Gasteiger partial charge in [-0.15, -0.1) is 20.4 Å². The molecule has 21 heavy (non-hydrogen) atoms. The summed E-state index contributed by atoms with van der Waals surface area (Å²) < 4.78 is 8.46. The highest BCUT2D eigenvalue weighted by molar-refractivity contribution is 5.91. The fraction of sp³-hybridized carbons (Fsp3) is 0.154. The van der Waals surface area contributed by atoms with Gasteiger partial charge in [0.25, 0.3) is 0 Å². The highest BCUT2D eigenvalue weighted by Crippen LogP contribution is 2.18. The van der Waals surface area contributed by atoms with Gasteiger partial charge in [0.1, 0.15) is 25.3 Å². The van der Waals surface area contributed by atoms with Crippen molar-refractivity contribution in [2.45, 2.75) is 6.92 Å². The van der Waals surface area contributed by atoms with E-state index in [0.29, 0.717) is 12.2 Å². The third-order valence-electron chi connectivity index (χ3n) is 2.85. The molecule has 3 rings (SSSR count). The standard InChI is InChI=1S/C13H12N6O2/c1-2-21-13(20)10-3-11(18-6-14-15-7-18)5-12(4-10)19-8-16-17-9-19/h3-9H,2H2,1H3. The number of benzene rings is 1. The number of carbonyl (C=O) groups is 1. The van der Waals surface area contributed by atoms with Gasteiger partial charge in [0, 0.05) is 0 Å². The monoisotopic (exact) mass is 284 g/mol. The molecular weight excluding hydrogens is 272 g/mol. The molecule has 2 heterocycles. The van der Waals surface area contributed by atoms with Crippen LogP contribution in [0.1, 0.15) is 17.3 Å². The van der Waals surface area contributed by atoms with E-state index in [1.165, 1.54) is 0 Å². The van der Waals surface area contributed by atoms with E-state index < -0.39 is 0 Å². The molecule has 0 unspecified atom stereocenters. The summed E-state index contributed by atoms with van der Waals surface area (Å²) in [5.74, 6) is -0.387. The number of ether oxygens (including phenoxy) is 1. The van der Waals surface area contributed by atoms with Gasteiger partial charge >= 0.3 is 5.97 Å². The van der Waals surface area contributed by atoms with Crippen LogP contribution in [0, 0.1) is 0 Å². The van der Waals surface area contributed by atoms with E-state index in [0.717, 1.165) is 11.4 Å². The highest BCUT2D eigenvalue weighted by Gasteiger charge is 2.11. The summed E-state index contributed by atoms with van der Waals surface area (Å²) in [4.78, 5) is 12.0. The lowest BCUT2D eigenvalue weighted by atomic mass is 10.1. The highest BCUT2D eigenvalue weighted by atomic mass is 16.5. The van der Waals surface area contributed by atoms with Crippen molar-refractivity contribution in [1.29, 1.82) is 0 Å². The Balaban J connectivity index is 2.10. The summed E-state index contributed by atoms with van der Waals surface area (Å²) in [5.41, 5.74) is 1.93. The molecule has 0 aliphatic heterocycles. The molecule has 2 aromatic heterocycles. The lowest BCUT2D eigenvalue weighted by Gasteiger charge is -2.09. The van der Waals surface area contributed by atoms with E-state index in [1.807, 2.05) is 6.07 Å².